The van der Waals surface area contributed by atoms with E-state index < -0.39 is 20.0 Å². The summed E-state index contributed by atoms with van der Waals surface area (Å²) in [6.07, 6.45) is 58.3. The van der Waals surface area contributed by atoms with Crippen molar-refractivity contribution in [2.75, 3.05) is 40.9 Å². The first kappa shape index (κ1) is 61.5. The second kappa shape index (κ2) is 45.6. The van der Waals surface area contributed by atoms with Crippen LogP contribution in [0.15, 0.2) is 48.6 Å². The molecule has 0 aromatic heterocycles. The summed E-state index contributed by atoms with van der Waals surface area (Å²) < 4.78 is 23.4. The molecule has 8 nitrogen and oxygen atoms in total. The van der Waals surface area contributed by atoms with Crippen molar-refractivity contribution in [2.45, 2.75) is 251 Å². The van der Waals surface area contributed by atoms with Crippen LogP contribution in [0.4, 0.5) is 0 Å². The molecule has 0 saturated heterocycles. The Balaban J connectivity index is 4.24. The van der Waals surface area contributed by atoms with Gasteiger partial charge in [-0.05, 0) is 51.4 Å². The van der Waals surface area contributed by atoms with Gasteiger partial charge in [0.25, 0.3) is 7.82 Å². The number of nitrogens with zero attached hydrogens (tertiary/aromatic N) is 1. The van der Waals surface area contributed by atoms with E-state index in [2.05, 4.69) is 67.8 Å². The minimum Gasteiger partial charge on any atom is -0.756 e. The van der Waals surface area contributed by atoms with Gasteiger partial charge >= 0.3 is 0 Å². The number of likely N-dealkylation sites (N-methyl/N-ethyl adjacent to an activating group) is 1. The Morgan fingerprint density at radius 2 is 0.968 bits per heavy atom. The minimum absolute atomic E-state index is 0.0103. The number of phosphoric ester groups is 1. The van der Waals surface area contributed by atoms with Gasteiger partial charge in [-0.2, -0.15) is 0 Å². The second-order valence-corrected chi connectivity index (χ2v) is 20.6. The molecule has 0 saturated carbocycles. The van der Waals surface area contributed by atoms with E-state index in [-0.39, 0.29) is 19.1 Å². The molecule has 0 bridgehead atoms. The number of nitrogens with one attached hydrogen (secondary N) is 1. The largest absolute Gasteiger partial charge is 0.756 e. The van der Waals surface area contributed by atoms with Crippen LogP contribution >= 0.6 is 7.82 Å². The summed E-state index contributed by atoms with van der Waals surface area (Å²) in [6.45, 7) is 4.62. The lowest BCUT2D eigenvalue weighted by molar-refractivity contribution is -0.870. The van der Waals surface area contributed by atoms with Gasteiger partial charge in [0.15, 0.2) is 0 Å². The number of carbonyl (C=O) groups is 1. The number of amides is 1. The first-order chi connectivity index (χ1) is 30.5. The maximum atomic E-state index is 13.0. The van der Waals surface area contributed by atoms with Gasteiger partial charge in [0.2, 0.25) is 5.91 Å². The fourth-order valence-electron chi connectivity index (χ4n) is 7.68. The molecular weight excluding hydrogens is 804 g/mol. The highest BCUT2D eigenvalue weighted by Crippen LogP contribution is 2.38. The van der Waals surface area contributed by atoms with Crippen molar-refractivity contribution in [3.05, 3.63) is 48.6 Å². The summed E-state index contributed by atoms with van der Waals surface area (Å²) in [6, 6.07) is -0.804. The molecule has 0 aliphatic heterocycles. The summed E-state index contributed by atoms with van der Waals surface area (Å²) in [5.41, 5.74) is 0. The Labute approximate surface area is 390 Å². The Morgan fingerprint density at radius 1 is 0.571 bits per heavy atom. The monoisotopic (exact) mass is 907 g/mol. The number of unbranched alkanes of at least 4 members (excludes halogenated alkanes) is 27. The van der Waals surface area contributed by atoms with Crippen LogP contribution in [-0.4, -0.2) is 68.5 Å². The van der Waals surface area contributed by atoms with Gasteiger partial charge in [-0.25, -0.2) is 0 Å². The number of quaternary nitrogens is 1. The summed E-state index contributed by atoms with van der Waals surface area (Å²) in [4.78, 5) is 25.5. The van der Waals surface area contributed by atoms with Crippen LogP contribution in [0.1, 0.15) is 239 Å². The van der Waals surface area contributed by atoms with Crippen molar-refractivity contribution >= 4 is 13.7 Å². The van der Waals surface area contributed by atoms with Crippen LogP contribution in [0.5, 0.6) is 0 Å². The lowest BCUT2D eigenvalue weighted by Gasteiger charge is -2.30. The average Bonchev–Trinajstić information content (AvgIpc) is 3.24. The number of allylic oxidation sites excluding steroid dienone is 8. The highest BCUT2D eigenvalue weighted by molar-refractivity contribution is 7.45. The number of rotatable bonds is 48. The van der Waals surface area contributed by atoms with Crippen molar-refractivity contribution in [3.63, 3.8) is 0 Å². The third-order valence-corrected chi connectivity index (χ3v) is 12.8. The van der Waals surface area contributed by atoms with Crippen molar-refractivity contribution in [2.24, 2.45) is 0 Å². The number of carbonyl (C=O) groups excluding carboxylic acids is 1. The minimum atomic E-state index is -4.57. The van der Waals surface area contributed by atoms with Crippen LogP contribution in [0.2, 0.25) is 0 Å². The van der Waals surface area contributed by atoms with Gasteiger partial charge in [0, 0.05) is 6.42 Å². The molecule has 0 aliphatic carbocycles. The molecule has 0 spiro atoms. The number of hydrogen-bond acceptors (Lipinski definition) is 6. The van der Waals surface area contributed by atoms with Gasteiger partial charge in [-0.15, -0.1) is 0 Å². The molecule has 0 aliphatic rings. The predicted octanol–water partition coefficient (Wildman–Crippen LogP) is 15.0. The van der Waals surface area contributed by atoms with Gasteiger partial charge < -0.3 is 28.8 Å². The molecule has 0 rings (SSSR count). The van der Waals surface area contributed by atoms with Gasteiger partial charge in [-0.3, -0.25) is 9.36 Å². The number of aliphatic hydroxyl groups is 1. The molecule has 2 N–H and O–H groups in total. The first-order valence-corrected chi connectivity index (χ1v) is 27.9. The van der Waals surface area contributed by atoms with Gasteiger partial charge in [-0.1, -0.05) is 229 Å². The van der Waals surface area contributed by atoms with Crippen LogP contribution in [-0.2, 0) is 18.4 Å². The first-order valence-electron chi connectivity index (χ1n) is 26.5. The predicted molar refractivity (Wildman–Crippen MR) is 270 cm³/mol. The van der Waals surface area contributed by atoms with E-state index in [1.807, 2.05) is 21.1 Å². The average molecular weight is 907 g/mol. The second-order valence-electron chi connectivity index (χ2n) is 19.2. The van der Waals surface area contributed by atoms with Crippen LogP contribution in [0.25, 0.3) is 0 Å². The van der Waals surface area contributed by atoms with Crippen LogP contribution in [0, 0.1) is 0 Å². The third kappa shape index (κ3) is 48.2. The summed E-state index contributed by atoms with van der Waals surface area (Å²) in [5.74, 6) is -0.169. The van der Waals surface area contributed by atoms with Gasteiger partial charge in [0.05, 0.1) is 39.9 Å². The smallest absolute Gasteiger partial charge is 0.268 e. The third-order valence-electron chi connectivity index (χ3n) is 11.8. The topological polar surface area (TPSA) is 108 Å². The number of phosphoric acid groups is 1. The molecule has 63 heavy (non-hydrogen) atoms. The van der Waals surface area contributed by atoms with Crippen molar-refractivity contribution in [1.82, 2.24) is 5.32 Å². The van der Waals surface area contributed by atoms with E-state index >= 15 is 0 Å². The number of hydrogen-bond donors (Lipinski definition) is 2. The lowest BCUT2D eigenvalue weighted by Crippen LogP contribution is -2.46. The Morgan fingerprint density at radius 3 is 1.41 bits per heavy atom. The molecule has 9 heteroatoms. The van der Waals surface area contributed by atoms with E-state index in [0.29, 0.717) is 23.9 Å². The Bertz CT molecular complexity index is 1170. The van der Waals surface area contributed by atoms with E-state index in [1.54, 1.807) is 0 Å². The van der Waals surface area contributed by atoms with Gasteiger partial charge in [0.1, 0.15) is 13.2 Å². The maximum Gasteiger partial charge on any atom is 0.268 e. The highest BCUT2D eigenvalue weighted by atomic mass is 31.2. The normalized spacial score (nSPS) is 14.5. The van der Waals surface area contributed by atoms with E-state index in [1.165, 1.54) is 148 Å². The molecule has 1 amide bonds. The van der Waals surface area contributed by atoms with E-state index in [0.717, 1.165) is 64.2 Å². The fourth-order valence-corrected chi connectivity index (χ4v) is 8.40. The van der Waals surface area contributed by atoms with E-state index in [9.17, 15) is 19.4 Å². The molecule has 0 radical (unpaired) electrons. The lowest BCUT2D eigenvalue weighted by atomic mass is 10.0. The molecule has 0 fully saturated rings. The Kier molecular flexibility index (Phi) is 44.5. The number of aliphatic hydroxyl groups excluding tert-OH is 1. The Hall–Kier alpha value is -1.54. The molecule has 3 unspecified atom stereocenters. The molecular formula is C54H103N2O6P. The fraction of sp³-hybridized carbons (Fsp3) is 0.833. The van der Waals surface area contributed by atoms with E-state index in [4.69, 9.17) is 9.05 Å². The maximum absolute atomic E-state index is 13.0. The standard InChI is InChI=1S/C54H103N2O6P/c1-6-8-10-12-14-16-18-20-22-24-26-27-28-29-30-32-34-36-38-40-42-44-46-48-54(58)55-52(51-62-63(59,60)61-50-49-56(3,4)5)53(57)47-45-43-41-39-37-35-33-31-25-23-21-19-17-15-13-11-9-7-2/h8,10,14,16,20,22,26-27,52-53,57H,6-7,9,11-13,15,17-19,21,23-25,28-51H2,1-5H3,(H-,55,58,59,60)/b10-8-,16-14-,22-20-,27-26-. The summed E-state index contributed by atoms with van der Waals surface area (Å²) >= 11 is 0. The quantitative estimate of drug-likeness (QED) is 0.0272. The summed E-state index contributed by atoms with van der Waals surface area (Å²) in [5, 5.41) is 14.0. The van der Waals surface area contributed by atoms with Crippen LogP contribution in [0.3, 0.4) is 0 Å². The summed E-state index contributed by atoms with van der Waals surface area (Å²) in [7, 11) is 1.30. The molecule has 3 atom stereocenters. The van der Waals surface area contributed by atoms with Crippen molar-refractivity contribution in [3.8, 4) is 0 Å². The molecule has 0 aromatic carbocycles. The molecule has 0 aromatic rings. The zero-order valence-electron chi connectivity index (χ0n) is 42.0. The van der Waals surface area contributed by atoms with Crippen molar-refractivity contribution in [1.29, 1.82) is 0 Å². The van der Waals surface area contributed by atoms with Crippen molar-refractivity contribution < 1.29 is 32.9 Å². The SMILES string of the molecule is CC/C=C\C/C=C\C/C=C\C/C=C\CCCCCCCCCCCCC(=O)NC(COP(=O)([O-])OCC[N+](C)(C)C)C(O)CCCCCCCCCCCCCCCCCCCC. The van der Waals surface area contributed by atoms with Crippen LogP contribution < -0.4 is 10.2 Å². The molecule has 0 heterocycles. The zero-order chi connectivity index (χ0) is 46.4. The zero-order valence-corrected chi connectivity index (χ0v) is 42.9. The highest BCUT2D eigenvalue weighted by Gasteiger charge is 2.24. The molecule has 370 valence electrons.